The van der Waals surface area contributed by atoms with Crippen LogP contribution >= 0.6 is 23.1 Å². The molecule has 4 aromatic carbocycles. The number of anilines is 1. The van der Waals surface area contributed by atoms with Gasteiger partial charge in [-0.15, -0.1) is 28.2 Å². The summed E-state index contributed by atoms with van der Waals surface area (Å²) in [4.78, 5) is 57.4. The smallest absolute Gasteiger partial charge is 0.355 e. The van der Waals surface area contributed by atoms with E-state index < -0.39 is 34.7 Å². The maximum absolute atomic E-state index is 13.8. The summed E-state index contributed by atoms with van der Waals surface area (Å²) in [6.45, 7) is 2.30. The molecule has 5 aromatic rings. The Labute approximate surface area is 330 Å². The Balaban J connectivity index is 0.981. The number of carbonyl (C=O) groups is 3. The van der Waals surface area contributed by atoms with Gasteiger partial charge in [0.15, 0.2) is 22.3 Å². The van der Waals surface area contributed by atoms with Crippen LogP contribution in [0.15, 0.2) is 125 Å². The van der Waals surface area contributed by atoms with Crippen LogP contribution in [0.1, 0.15) is 40.4 Å². The van der Waals surface area contributed by atoms with E-state index in [1.54, 1.807) is 5.38 Å². The number of β-lactam (4-membered cyclic amide) rings is 1. The fourth-order valence-electron chi connectivity index (χ4n) is 7.17. The van der Waals surface area contributed by atoms with Gasteiger partial charge in [-0.3, -0.25) is 9.59 Å². The number of benzene rings is 4. The minimum absolute atomic E-state index is 0.102. The lowest BCUT2D eigenvalue weighted by molar-refractivity contribution is -0.188. The highest BCUT2D eigenvalue weighted by atomic mass is 32.2. The number of thiazole rings is 1. The minimum Gasteiger partial charge on any atom is -0.504 e. The van der Waals surface area contributed by atoms with Gasteiger partial charge < -0.3 is 35.4 Å². The molecule has 4 heterocycles. The van der Waals surface area contributed by atoms with Crippen LogP contribution in [0.25, 0.3) is 0 Å². The van der Waals surface area contributed by atoms with Crippen molar-refractivity contribution in [1.29, 1.82) is 0 Å². The summed E-state index contributed by atoms with van der Waals surface area (Å²) in [6, 6.07) is 32.2. The number of phenolic OH excluding ortho intramolecular Hbond substituents is 2. The molecular formula is C41H36N6O7S2. The predicted octanol–water partition coefficient (Wildman–Crippen LogP) is 5.46. The summed E-state index contributed by atoms with van der Waals surface area (Å²) in [5.41, 5.74) is 4.01. The Hall–Kier alpha value is -6.16. The van der Waals surface area contributed by atoms with Gasteiger partial charge in [0.05, 0.1) is 18.7 Å². The van der Waals surface area contributed by atoms with E-state index in [1.807, 2.05) is 61.5 Å². The molecule has 0 bridgehead atoms. The molecule has 284 valence electrons. The lowest BCUT2D eigenvalue weighted by atomic mass is 9.77. The number of hydroxylamine groups is 2. The first kappa shape index (κ1) is 36.8. The second-order valence-electron chi connectivity index (χ2n) is 13.4. The molecule has 0 radical (unpaired) electrons. The van der Waals surface area contributed by atoms with E-state index in [9.17, 15) is 24.6 Å². The lowest BCUT2D eigenvalue weighted by Gasteiger charge is -2.48. The third-order valence-electron chi connectivity index (χ3n) is 9.92. The van der Waals surface area contributed by atoms with Crippen molar-refractivity contribution in [2.24, 2.45) is 5.16 Å². The van der Waals surface area contributed by atoms with Crippen LogP contribution in [0.3, 0.4) is 0 Å². The number of nitrogens with zero attached hydrogens (tertiary/aromatic N) is 4. The van der Waals surface area contributed by atoms with Crippen molar-refractivity contribution >= 4 is 51.7 Å². The fraction of sp³-hybridized carbons (Fsp3) is 0.195. The summed E-state index contributed by atoms with van der Waals surface area (Å²) in [5, 5.41) is 33.1. The van der Waals surface area contributed by atoms with E-state index in [4.69, 9.17) is 14.7 Å². The van der Waals surface area contributed by atoms with E-state index >= 15 is 0 Å². The van der Waals surface area contributed by atoms with E-state index in [2.05, 4.69) is 52.2 Å². The number of aromatic hydroxyl groups is 2. The zero-order valence-corrected chi connectivity index (χ0v) is 31.8. The summed E-state index contributed by atoms with van der Waals surface area (Å²) in [7, 11) is 1.33. The van der Waals surface area contributed by atoms with Gasteiger partial charge in [0.1, 0.15) is 29.8 Å². The van der Waals surface area contributed by atoms with Gasteiger partial charge in [-0.1, -0.05) is 96.2 Å². The standard InChI is InChI=1S/C41H36N6O7S2/c1-24-30(39(52)54-46-20-25-18-32(48)33(49)19-26(25)21-46)22-47-37(51)35(38(47)56-24)43-36(50)34(45-53-2)31-23-55-40(42-31)44-41(27-12-6-3-7-13-27,28-14-8-4-9-15-28)29-16-10-5-11-17-29/h3-19,22-24,35,38,48-49H,20-21H2,1-2H3,(H,42,44)(H,43,50)/t24?,35?,38-/m1/s1. The first-order valence-corrected chi connectivity index (χ1v) is 19.5. The number of oxime groups is 1. The largest absolute Gasteiger partial charge is 0.504 e. The molecule has 2 amide bonds. The third-order valence-corrected chi connectivity index (χ3v) is 12.1. The second kappa shape index (κ2) is 15.2. The van der Waals surface area contributed by atoms with Gasteiger partial charge in [-0.2, -0.15) is 0 Å². The molecule has 0 spiro atoms. The summed E-state index contributed by atoms with van der Waals surface area (Å²) < 4.78 is 0. The number of hydrogen-bond acceptors (Lipinski definition) is 13. The van der Waals surface area contributed by atoms with Crippen LogP contribution in [0.4, 0.5) is 5.13 Å². The number of aromatic nitrogens is 1. The summed E-state index contributed by atoms with van der Waals surface area (Å²) in [6.07, 6.45) is 1.47. The number of carbonyl (C=O) groups excluding carboxylic acids is 3. The van der Waals surface area contributed by atoms with Gasteiger partial charge >= 0.3 is 5.97 Å². The van der Waals surface area contributed by atoms with Crippen LogP contribution in [0.2, 0.25) is 0 Å². The fourth-order valence-corrected chi connectivity index (χ4v) is 9.28. The van der Waals surface area contributed by atoms with Gasteiger partial charge in [0, 0.05) is 16.8 Å². The Morgan fingerprint density at radius 1 is 0.893 bits per heavy atom. The van der Waals surface area contributed by atoms with Crippen molar-refractivity contribution in [3.8, 4) is 11.5 Å². The van der Waals surface area contributed by atoms with Crippen molar-refractivity contribution in [3.05, 3.63) is 154 Å². The van der Waals surface area contributed by atoms with E-state index in [1.165, 1.54) is 58.5 Å². The van der Waals surface area contributed by atoms with Gasteiger partial charge in [0.2, 0.25) is 0 Å². The van der Waals surface area contributed by atoms with Crippen LogP contribution in [-0.4, -0.2) is 72.4 Å². The van der Waals surface area contributed by atoms with Crippen LogP contribution in [-0.2, 0) is 42.7 Å². The monoisotopic (exact) mass is 788 g/mol. The molecule has 1 fully saturated rings. The quantitative estimate of drug-likeness (QED) is 0.0442. The molecule has 13 nitrogen and oxygen atoms in total. The predicted molar refractivity (Wildman–Crippen MR) is 211 cm³/mol. The molecule has 8 rings (SSSR count). The number of phenols is 2. The Kier molecular flexibility index (Phi) is 9.97. The van der Waals surface area contributed by atoms with E-state index in [0.717, 1.165) is 27.8 Å². The molecule has 56 heavy (non-hydrogen) atoms. The molecular weight excluding hydrogens is 753 g/mol. The van der Waals surface area contributed by atoms with Crippen LogP contribution < -0.4 is 10.6 Å². The highest BCUT2D eigenvalue weighted by Gasteiger charge is 2.52. The molecule has 0 saturated carbocycles. The minimum atomic E-state index is -0.891. The average molecular weight is 789 g/mol. The Morgan fingerprint density at radius 3 is 1.98 bits per heavy atom. The lowest BCUT2D eigenvalue weighted by Crippen LogP contribution is -2.69. The molecule has 15 heteroatoms. The number of rotatable bonds is 11. The maximum Gasteiger partial charge on any atom is 0.355 e. The zero-order valence-electron chi connectivity index (χ0n) is 30.2. The van der Waals surface area contributed by atoms with E-state index in [-0.39, 0.29) is 46.8 Å². The number of nitrogens with one attached hydrogen (secondary N) is 2. The first-order valence-electron chi connectivity index (χ1n) is 17.7. The first-order chi connectivity index (χ1) is 27.2. The summed E-state index contributed by atoms with van der Waals surface area (Å²) in [5.74, 6) is -2.16. The highest BCUT2D eigenvalue weighted by Crippen LogP contribution is 2.43. The van der Waals surface area contributed by atoms with Crippen molar-refractivity contribution < 1.29 is 34.3 Å². The summed E-state index contributed by atoms with van der Waals surface area (Å²) >= 11 is 2.65. The van der Waals surface area contributed by atoms with Crippen LogP contribution in [0.5, 0.6) is 11.5 Å². The van der Waals surface area contributed by atoms with Crippen molar-refractivity contribution in [3.63, 3.8) is 0 Å². The van der Waals surface area contributed by atoms with Crippen molar-refractivity contribution in [2.75, 3.05) is 12.4 Å². The van der Waals surface area contributed by atoms with Crippen molar-refractivity contribution in [2.45, 2.75) is 42.2 Å². The molecule has 3 aliphatic rings. The van der Waals surface area contributed by atoms with Crippen molar-refractivity contribution in [1.82, 2.24) is 20.3 Å². The molecule has 1 saturated heterocycles. The number of hydrogen-bond donors (Lipinski definition) is 4. The molecule has 0 aliphatic carbocycles. The Bertz CT molecular complexity index is 2230. The molecule has 3 atom stereocenters. The number of thioether (sulfide) groups is 1. The second-order valence-corrected chi connectivity index (χ2v) is 15.7. The number of amides is 2. The van der Waals surface area contributed by atoms with E-state index in [0.29, 0.717) is 5.13 Å². The highest BCUT2D eigenvalue weighted by molar-refractivity contribution is 8.00. The number of fused-ring (bicyclic) bond motifs is 2. The van der Waals surface area contributed by atoms with Gasteiger partial charge in [-0.05, 0) is 46.9 Å². The third kappa shape index (κ3) is 6.73. The maximum atomic E-state index is 13.8. The topological polar surface area (TPSA) is 166 Å². The molecule has 3 aliphatic heterocycles. The molecule has 1 aromatic heterocycles. The molecule has 2 unspecified atom stereocenters. The van der Waals surface area contributed by atoms with Gasteiger partial charge in [-0.25, -0.2) is 9.78 Å². The SMILES string of the molecule is CON=C(C(=O)NC1C(=O)N2C=C(C(=O)ON3Cc4cc(O)c(O)cc4C3)C(C)S[C@H]12)c1csc(NC(c2ccccc2)(c2ccccc2)c2ccccc2)n1. The average Bonchev–Trinajstić information content (AvgIpc) is 3.84. The molecule has 4 N–H and O–H groups in total. The normalized spacial score (nSPS) is 19.3. The van der Waals surface area contributed by atoms with Gasteiger partial charge in [0.25, 0.3) is 11.8 Å². The Morgan fingerprint density at radius 2 is 1.45 bits per heavy atom. The zero-order chi connectivity index (χ0) is 39.0. The van der Waals surface area contributed by atoms with Crippen LogP contribution in [0, 0.1) is 0 Å².